The number of nitrogens with one attached hydrogen (secondary N) is 1. The zero-order valence-electron chi connectivity index (χ0n) is 21.9. The first kappa shape index (κ1) is 26.1. The highest BCUT2D eigenvalue weighted by Crippen LogP contribution is 2.43. The molecule has 0 saturated carbocycles. The van der Waals surface area contributed by atoms with Crippen LogP contribution in [0.3, 0.4) is 0 Å². The van der Waals surface area contributed by atoms with Gasteiger partial charge >= 0.3 is 5.97 Å². The number of carboxylic acids is 1. The predicted octanol–water partition coefficient (Wildman–Crippen LogP) is 7.02. The molecule has 3 aromatic carbocycles. The molecule has 9 heteroatoms. The number of carbonyl (C=O) groups is 1. The van der Waals surface area contributed by atoms with Crippen LogP contribution in [0.2, 0.25) is 0 Å². The minimum absolute atomic E-state index is 0.189. The van der Waals surface area contributed by atoms with Gasteiger partial charge in [-0.3, -0.25) is 4.98 Å². The third-order valence-corrected chi connectivity index (χ3v) is 7.14. The Labute approximate surface area is 241 Å². The summed E-state index contributed by atoms with van der Waals surface area (Å²) in [4.78, 5) is 18.1. The molecular formula is C32H25N3O5S. The zero-order chi connectivity index (χ0) is 28.3. The molecule has 0 radical (unpaired) electrons. The fourth-order valence-electron chi connectivity index (χ4n) is 4.85. The van der Waals surface area contributed by atoms with Crippen LogP contribution >= 0.6 is 12.2 Å². The topological polar surface area (TPSA) is 97.1 Å². The number of aromatic carboxylic acids is 1. The average Bonchev–Trinajstić information content (AvgIpc) is 3.63. The lowest BCUT2D eigenvalue weighted by molar-refractivity contribution is 0.0697. The van der Waals surface area contributed by atoms with Gasteiger partial charge in [-0.25, -0.2) is 4.79 Å². The van der Waals surface area contributed by atoms with E-state index in [1.165, 1.54) is 0 Å². The number of carboxylic acid groups (broad SMARTS) is 1. The van der Waals surface area contributed by atoms with Crippen molar-refractivity contribution in [1.82, 2.24) is 10.3 Å². The lowest BCUT2D eigenvalue weighted by Crippen LogP contribution is -2.29. The molecule has 1 aliphatic rings. The number of ether oxygens (including phenoxy) is 2. The summed E-state index contributed by atoms with van der Waals surface area (Å²) in [7, 11) is 1.62. The van der Waals surface area contributed by atoms with Gasteiger partial charge in [-0.15, -0.1) is 0 Å². The van der Waals surface area contributed by atoms with Gasteiger partial charge in [0.1, 0.15) is 34.8 Å². The largest absolute Gasteiger partial charge is 0.497 e. The quantitative estimate of drug-likeness (QED) is 0.193. The van der Waals surface area contributed by atoms with Crippen molar-refractivity contribution in [3.63, 3.8) is 0 Å². The highest BCUT2D eigenvalue weighted by molar-refractivity contribution is 7.80. The van der Waals surface area contributed by atoms with Crippen molar-refractivity contribution >= 4 is 29.0 Å². The number of aromatic nitrogens is 1. The molecule has 1 fully saturated rings. The van der Waals surface area contributed by atoms with Crippen LogP contribution < -0.4 is 19.7 Å². The number of pyridine rings is 1. The van der Waals surface area contributed by atoms with Crippen molar-refractivity contribution in [2.75, 3.05) is 12.0 Å². The van der Waals surface area contributed by atoms with Crippen LogP contribution in [0.25, 0.3) is 11.3 Å². The highest BCUT2D eigenvalue weighted by atomic mass is 32.1. The summed E-state index contributed by atoms with van der Waals surface area (Å²) in [6.45, 7) is 0. The van der Waals surface area contributed by atoms with Gasteiger partial charge in [-0.1, -0.05) is 18.2 Å². The molecule has 0 unspecified atom stereocenters. The number of furan rings is 1. The molecule has 204 valence electrons. The monoisotopic (exact) mass is 563 g/mol. The molecule has 0 amide bonds. The number of benzene rings is 3. The Hall–Kier alpha value is -5.15. The summed E-state index contributed by atoms with van der Waals surface area (Å²) in [6, 6.07) is 30.6. The van der Waals surface area contributed by atoms with Crippen LogP contribution in [0.5, 0.6) is 17.2 Å². The zero-order valence-corrected chi connectivity index (χ0v) is 22.7. The minimum Gasteiger partial charge on any atom is -0.497 e. The maximum atomic E-state index is 11.5. The number of thiocarbonyl (C=S) groups is 1. The van der Waals surface area contributed by atoms with E-state index in [9.17, 15) is 9.90 Å². The normalized spacial score (nSPS) is 16.3. The molecule has 3 heterocycles. The highest BCUT2D eigenvalue weighted by Gasteiger charge is 2.42. The van der Waals surface area contributed by atoms with Gasteiger partial charge in [0.25, 0.3) is 0 Å². The van der Waals surface area contributed by atoms with E-state index in [1.807, 2.05) is 89.8 Å². The molecule has 0 bridgehead atoms. The van der Waals surface area contributed by atoms with E-state index in [4.69, 9.17) is 26.1 Å². The van der Waals surface area contributed by atoms with Gasteiger partial charge in [-0.2, -0.15) is 0 Å². The fourth-order valence-corrected chi connectivity index (χ4v) is 5.19. The van der Waals surface area contributed by atoms with E-state index < -0.39 is 5.97 Å². The van der Waals surface area contributed by atoms with Gasteiger partial charge in [0.15, 0.2) is 5.11 Å². The van der Waals surface area contributed by atoms with Crippen LogP contribution in [-0.2, 0) is 0 Å². The minimum atomic E-state index is -0.996. The summed E-state index contributed by atoms with van der Waals surface area (Å²) >= 11 is 5.82. The predicted molar refractivity (Wildman–Crippen MR) is 159 cm³/mol. The number of nitrogens with zero attached hydrogens (tertiary/aromatic N) is 2. The molecule has 1 aliphatic heterocycles. The van der Waals surface area contributed by atoms with Crippen molar-refractivity contribution in [1.29, 1.82) is 0 Å². The lowest BCUT2D eigenvalue weighted by atomic mass is 10.0. The van der Waals surface area contributed by atoms with Gasteiger partial charge in [0, 0.05) is 17.4 Å². The van der Waals surface area contributed by atoms with E-state index in [1.54, 1.807) is 31.5 Å². The Bertz CT molecular complexity index is 1690. The van der Waals surface area contributed by atoms with Crippen molar-refractivity contribution in [2.24, 2.45) is 0 Å². The van der Waals surface area contributed by atoms with Gasteiger partial charge in [0.05, 0.1) is 24.4 Å². The number of hydrogen-bond acceptors (Lipinski definition) is 6. The first-order chi connectivity index (χ1) is 20.0. The Kier molecular flexibility index (Phi) is 7.09. The number of anilines is 1. The second-order valence-corrected chi connectivity index (χ2v) is 9.74. The number of hydrogen-bond donors (Lipinski definition) is 2. The summed E-state index contributed by atoms with van der Waals surface area (Å²) in [6.07, 6.45) is 1.75. The first-order valence-electron chi connectivity index (χ1n) is 12.9. The maximum Gasteiger partial charge on any atom is 0.335 e. The molecule has 2 aromatic heterocycles. The summed E-state index contributed by atoms with van der Waals surface area (Å²) in [5.41, 5.74) is 2.52. The summed E-state index contributed by atoms with van der Waals surface area (Å²) in [5, 5.41) is 13.4. The fraction of sp³-hybridized carbons (Fsp3) is 0.0938. The second kappa shape index (κ2) is 11.1. The molecule has 6 rings (SSSR count). The van der Waals surface area contributed by atoms with Crippen LogP contribution in [0.15, 0.2) is 114 Å². The number of methoxy groups -OCH3 is 1. The van der Waals surface area contributed by atoms with E-state index >= 15 is 0 Å². The van der Waals surface area contributed by atoms with Gasteiger partial charge in [0.2, 0.25) is 0 Å². The Morgan fingerprint density at radius 1 is 0.927 bits per heavy atom. The third kappa shape index (κ3) is 5.35. The molecule has 2 N–H and O–H groups in total. The molecule has 2 atom stereocenters. The van der Waals surface area contributed by atoms with Gasteiger partial charge in [-0.05, 0) is 97.1 Å². The molecular weight excluding hydrogens is 538 g/mol. The second-order valence-electron chi connectivity index (χ2n) is 9.36. The van der Waals surface area contributed by atoms with Crippen molar-refractivity contribution in [3.05, 3.63) is 126 Å². The maximum absolute atomic E-state index is 11.5. The Morgan fingerprint density at radius 2 is 1.66 bits per heavy atom. The molecule has 5 aromatic rings. The van der Waals surface area contributed by atoms with Crippen LogP contribution in [0.4, 0.5) is 5.69 Å². The van der Waals surface area contributed by atoms with Crippen LogP contribution in [0, 0.1) is 0 Å². The standard InChI is InChI=1S/C32H25N3O5S/c1-38-23-12-14-25(15-13-23)39-24-10-8-22(9-11-24)35-30(29(34-32(35)41)26-7-2-3-18-33-26)28-17-16-27(40-28)20-5-4-6-21(19-20)31(36)37/h2-19,29-30H,1H3,(H,34,41)(H,36,37)/t29-,30+/m0/s1. The molecule has 41 heavy (non-hydrogen) atoms. The summed E-state index contributed by atoms with van der Waals surface area (Å²) < 4.78 is 17.6. The first-order valence-corrected chi connectivity index (χ1v) is 13.3. The summed E-state index contributed by atoms with van der Waals surface area (Å²) in [5.74, 6) is 2.34. The lowest BCUT2D eigenvalue weighted by Gasteiger charge is -2.26. The SMILES string of the molecule is COc1ccc(Oc2ccc(N3C(=S)N[C@@H](c4ccccn4)[C@H]3c3ccc(-c4cccc(C(=O)O)c4)o3)cc2)cc1. The molecule has 8 nitrogen and oxygen atoms in total. The third-order valence-electron chi connectivity index (χ3n) is 6.82. The van der Waals surface area contributed by atoms with Crippen LogP contribution in [-0.4, -0.2) is 28.3 Å². The molecule has 0 aliphatic carbocycles. The molecule has 1 saturated heterocycles. The van der Waals surface area contributed by atoms with Crippen molar-refractivity contribution in [3.8, 4) is 28.6 Å². The Morgan fingerprint density at radius 3 is 2.34 bits per heavy atom. The van der Waals surface area contributed by atoms with E-state index in [0.717, 1.165) is 17.1 Å². The van der Waals surface area contributed by atoms with E-state index in [0.29, 0.717) is 33.7 Å². The van der Waals surface area contributed by atoms with Crippen molar-refractivity contribution < 1.29 is 23.8 Å². The molecule has 0 spiro atoms. The number of rotatable bonds is 8. The van der Waals surface area contributed by atoms with E-state index in [2.05, 4.69) is 10.3 Å². The van der Waals surface area contributed by atoms with Crippen LogP contribution in [0.1, 0.15) is 33.9 Å². The smallest absolute Gasteiger partial charge is 0.335 e. The van der Waals surface area contributed by atoms with E-state index in [-0.39, 0.29) is 17.6 Å². The van der Waals surface area contributed by atoms with Crippen molar-refractivity contribution in [2.45, 2.75) is 12.1 Å². The van der Waals surface area contributed by atoms with Gasteiger partial charge < -0.3 is 29.2 Å². The average molecular weight is 564 g/mol. The Balaban J connectivity index is 1.33.